The minimum atomic E-state index is -4.36. The van der Waals surface area contributed by atoms with Gasteiger partial charge in [0.2, 0.25) is 0 Å². The van der Waals surface area contributed by atoms with Crippen molar-refractivity contribution in [1.29, 1.82) is 0 Å². The van der Waals surface area contributed by atoms with E-state index in [1.165, 1.54) is 12.3 Å². The number of thioether (sulfide) groups is 1. The number of rotatable bonds is 7. The van der Waals surface area contributed by atoms with Gasteiger partial charge in [-0.1, -0.05) is 6.07 Å². The van der Waals surface area contributed by atoms with Crippen LogP contribution in [0, 0.1) is 0 Å². The van der Waals surface area contributed by atoms with Crippen molar-refractivity contribution < 1.29 is 21.6 Å². The highest BCUT2D eigenvalue weighted by Crippen LogP contribution is 2.29. The van der Waals surface area contributed by atoms with Gasteiger partial charge >= 0.3 is 5.51 Å². The summed E-state index contributed by atoms with van der Waals surface area (Å²) in [6.45, 7) is 0.232. The van der Waals surface area contributed by atoms with E-state index in [2.05, 4.69) is 15.0 Å². The molecular weight excluding hydrogens is 315 g/mol. The zero-order valence-electron chi connectivity index (χ0n) is 10.6. The molecule has 0 saturated carbocycles. The zero-order chi connectivity index (χ0) is 15.2. The minimum absolute atomic E-state index is 0.214. The van der Waals surface area contributed by atoms with Crippen molar-refractivity contribution in [3.63, 3.8) is 0 Å². The van der Waals surface area contributed by atoms with Crippen LogP contribution in [0.1, 0.15) is 5.56 Å². The molecule has 1 heterocycles. The lowest BCUT2D eigenvalue weighted by Crippen LogP contribution is -2.27. The molecule has 0 unspecified atom stereocenters. The van der Waals surface area contributed by atoms with Crippen LogP contribution in [-0.2, 0) is 16.6 Å². The Morgan fingerprint density at radius 1 is 1.35 bits per heavy atom. The van der Waals surface area contributed by atoms with Crippen molar-refractivity contribution in [3.8, 4) is 0 Å². The van der Waals surface area contributed by atoms with Crippen LogP contribution < -0.4 is 10.0 Å². The predicted molar refractivity (Wildman–Crippen MR) is 70.7 cm³/mol. The SMILES string of the molecule is CNCc1ccc(S(=O)(=O)NCCSC(F)(F)F)nc1. The Kier molecular flexibility index (Phi) is 6.24. The molecule has 10 heteroatoms. The number of hydrogen-bond donors (Lipinski definition) is 2. The number of nitrogens with one attached hydrogen (secondary N) is 2. The summed E-state index contributed by atoms with van der Waals surface area (Å²) in [4.78, 5) is 3.78. The summed E-state index contributed by atoms with van der Waals surface area (Å²) < 4.78 is 61.2. The largest absolute Gasteiger partial charge is 0.441 e. The van der Waals surface area contributed by atoms with Crippen LogP contribution >= 0.6 is 11.8 Å². The molecule has 0 saturated heterocycles. The standard InChI is InChI=1S/C10H14F3N3O2S2/c1-14-6-8-2-3-9(15-7-8)20(17,18)16-4-5-19-10(11,12)13/h2-3,7,14,16H,4-6H2,1H3. The van der Waals surface area contributed by atoms with Gasteiger partial charge in [-0.3, -0.25) is 0 Å². The average Bonchev–Trinajstić information content (AvgIpc) is 2.35. The molecule has 0 fully saturated rings. The van der Waals surface area contributed by atoms with Crippen LogP contribution in [0.5, 0.6) is 0 Å². The van der Waals surface area contributed by atoms with Crippen molar-refractivity contribution in [2.24, 2.45) is 0 Å². The molecule has 0 aliphatic rings. The number of alkyl halides is 3. The van der Waals surface area contributed by atoms with Gasteiger partial charge in [0.15, 0.2) is 5.03 Å². The molecule has 114 valence electrons. The van der Waals surface area contributed by atoms with Crippen LogP contribution in [-0.4, -0.2) is 38.3 Å². The number of hydrogen-bond acceptors (Lipinski definition) is 5. The van der Waals surface area contributed by atoms with Crippen molar-refractivity contribution in [3.05, 3.63) is 23.9 Å². The molecule has 2 N–H and O–H groups in total. The second kappa shape index (κ2) is 7.25. The quantitative estimate of drug-likeness (QED) is 0.739. The first kappa shape index (κ1) is 17.2. The molecule has 1 rings (SSSR count). The molecule has 0 atom stereocenters. The van der Waals surface area contributed by atoms with Gasteiger partial charge in [-0.2, -0.15) is 13.2 Å². The van der Waals surface area contributed by atoms with Crippen molar-refractivity contribution in [2.75, 3.05) is 19.3 Å². The van der Waals surface area contributed by atoms with Crippen molar-refractivity contribution in [2.45, 2.75) is 17.1 Å². The van der Waals surface area contributed by atoms with E-state index in [-0.39, 0.29) is 29.1 Å². The fourth-order valence-corrected chi connectivity index (χ4v) is 2.82. The second-order valence-corrected chi connectivity index (χ2v) is 6.60. The van der Waals surface area contributed by atoms with Crippen LogP contribution in [0.2, 0.25) is 0 Å². The summed E-state index contributed by atoms with van der Waals surface area (Å²) in [6.07, 6.45) is 1.40. The highest BCUT2D eigenvalue weighted by molar-refractivity contribution is 8.00. The molecule has 0 aliphatic carbocycles. The third kappa shape index (κ3) is 6.07. The monoisotopic (exact) mass is 329 g/mol. The summed E-state index contributed by atoms with van der Waals surface area (Å²) in [7, 11) is -2.13. The van der Waals surface area contributed by atoms with Crippen molar-refractivity contribution >= 4 is 21.8 Å². The Morgan fingerprint density at radius 3 is 2.55 bits per heavy atom. The molecule has 5 nitrogen and oxygen atoms in total. The predicted octanol–water partition coefficient (Wildman–Crippen LogP) is 1.33. The first-order valence-corrected chi connectivity index (χ1v) is 8.01. The van der Waals surface area contributed by atoms with Gasteiger partial charge in [0, 0.05) is 25.0 Å². The van der Waals surface area contributed by atoms with Crippen LogP contribution in [0.15, 0.2) is 23.4 Å². The Bertz CT molecular complexity index is 518. The third-order valence-corrected chi connectivity index (χ3v) is 4.23. The third-order valence-electron chi connectivity index (χ3n) is 2.11. The van der Waals surface area contributed by atoms with Gasteiger partial charge < -0.3 is 5.32 Å². The molecule has 20 heavy (non-hydrogen) atoms. The van der Waals surface area contributed by atoms with E-state index in [1.807, 2.05) is 0 Å². The molecule has 0 aromatic carbocycles. The van der Waals surface area contributed by atoms with Crippen molar-refractivity contribution in [1.82, 2.24) is 15.0 Å². The molecular formula is C10H14F3N3O2S2. The van der Waals surface area contributed by atoms with Crippen LogP contribution in [0.25, 0.3) is 0 Å². The van der Waals surface area contributed by atoms with Crippen LogP contribution in [0.4, 0.5) is 13.2 Å². The molecule has 0 aliphatic heterocycles. The van der Waals surface area contributed by atoms with Crippen LogP contribution in [0.3, 0.4) is 0 Å². The fourth-order valence-electron chi connectivity index (χ4n) is 1.30. The van der Waals surface area contributed by atoms with E-state index in [4.69, 9.17) is 0 Å². The average molecular weight is 329 g/mol. The van der Waals surface area contributed by atoms with Gasteiger partial charge in [-0.25, -0.2) is 18.1 Å². The summed E-state index contributed by atoms with van der Waals surface area (Å²) in [6, 6.07) is 2.90. The van der Waals surface area contributed by atoms with E-state index in [0.29, 0.717) is 6.54 Å². The van der Waals surface area contributed by atoms with E-state index >= 15 is 0 Å². The van der Waals surface area contributed by atoms with E-state index in [0.717, 1.165) is 5.56 Å². The molecule has 0 spiro atoms. The van der Waals surface area contributed by atoms with Gasteiger partial charge in [-0.05, 0) is 30.4 Å². The number of aromatic nitrogens is 1. The minimum Gasteiger partial charge on any atom is -0.316 e. The number of pyridine rings is 1. The Hall–Kier alpha value is -0.840. The first-order valence-electron chi connectivity index (χ1n) is 5.54. The Morgan fingerprint density at radius 2 is 2.05 bits per heavy atom. The molecule has 1 aromatic heterocycles. The molecule has 0 amide bonds. The fraction of sp³-hybridized carbons (Fsp3) is 0.500. The van der Waals surface area contributed by atoms with E-state index in [1.54, 1.807) is 13.1 Å². The summed E-state index contributed by atoms with van der Waals surface area (Å²) in [5, 5.41) is 2.67. The maximum Gasteiger partial charge on any atom is 0.441 e. The number of nitrogens with zero attached hydrogens (tertiary/aromatic N) is 1. The normalized spacial score (nSPS) is 12.6. The highest BCUT2D eigenvalue weighted by Gasteiger charge is 2.27. The lowest BCUT2D eigenvalue weighted by molar-refractivity contribution is -0.0327. The first-order chi connectivity index (χ1) is 9.24. The van der Waals surface area contributed by atoms with E-state index in [9.17, 15) is 21.6 Å². The molecule has 1 aromatic rings. The lowest BCUT2D eigenvalue weighted by atomic mass is 10.3. The van der Waals surface area contributed by atoms with Gasteiger partial charge in [-0.15, -0.1) is 0 Å². The second-order valence-electron chi connectivity index (χ2n) is 3.73. The highest BCUT2D eigenvalue weighted by atomic mass is 32.2. The van der Waals surface area contributed by atoms with Gasteiger partial charge in [0.25, 0.3) is 10.0 Å². The number of halogens is 3. The zero-order valence-corrected chi connectivity index (χ0v) is 12.2. The Balaban J connectivity index is 2.56. The maximum absolute atomic E-state index is 11.9. The maximum atomic E-state index is 11.9. The number of sulfonamides is 1. The van der Waals surface area contributed by atoms with Gasteiger partial charge in [0.1, 0.15) is 0 Å². The summed E-state index contributed by atoms with van der Waals surface area (Å²) in [5.74, 6) is -0.388. The molecule has 0 radical (unpaired) electrons. The summed E-state index contributed by atoms with van der Waals surface area (Å²) >= 11 is -0.277. The molecule has 0 bridgehead atoms. The van der Waals surface area contributed by atoms with E-state index < -0.39 is 15.5 Å². The lowest BCUT2D eigenvalue weighted by Gasteiger charge is -2.08. The van der Waals surface area contributed by atoms with Gasteiger partial charge in [0.05, 0.1) is 0 Å². The topological polar surface area (TPSA) is 71.1 Å². The Labute approximate surface area is 119 Å². The smallest absolute Gasteiger partial charge is 0.316 e. The summed E-state index contributed by atoms with van der Waals surface area (Å²) in [5.41, 5.74) is -3.56.